The van der Waals surface area contributed by atoms with Crippen LogP contribution in [0, 0.1) is 0 Å². The van der Waals surface area contributed by atoms with Gasteiger partial charge in [-0.05, 0) is 49.8 Å². The number of hydrogen-bond acceptors (Lipinski definition) is 4. The number of amides is 1. The first-order valence-electron chi connectivity index (χ1n) is 7.55. The molecule has 0 radical (unpaired) electrons. The van der Waals surface area contributed by atoms with Gasteiger partial charge in [-0.25, -0.2) is 9.79 Å². The Balaban J connectivity index is 2.97. The maximum atomic E-state index is 11.9. The molecule has 0 aromatic rings. The highest BCUT2D eigenvalue weighted by molar-refractivity contribution is 8.01. The smallest absolute Gasteiger partial charge is 0.264 e. The van der Waals surface area contributed by atoms with Gasteiger partial charge in [0.25, 0.3) is 5.91 Å². The van der Waals surface area contributed by atoms with Gasteiger partial charge in [-0.2, -0.15) is 0 Å². The monoisotopic (exact) mass is 322 g/mol. The molecule has 1 rings (SSSR count). The van der Waals surface area contributed by atoms with Gasteiger partial charge in [-0.15, -0.1) is 0 Å². The van der Waals surface area contributed by atoms with Crippen molar-refractivity contribution in [2.24, 2.45) is 0 Å². The van der Waals surface area contributed by atoms with Crippen molar-refractivity contribution in [1.29, 1.82) is 0 Å². The second-order valence-corrected chi connectivity index (χ2v) is 6.45. The number of hydrogen-bond donors (Lipinski definition) is 2. The Morgan fingerprint density at radius 1 is 1.45 bits per heavy atom. The van der Waals surface area contributed by atoms with Crippen LogP contribution in [0.15, 0.2) is 47.4 Å². The van der Waals surface area contributed by atoms with Crippen molar-refractivity contribution in [2.45, 2.75) is 45.6 Å². The molecule has 0 atom stereocenters. The third kappa shape index (κ3) is 4.35. The second-order valence-electron chi connectivity index (χ2n) is 5.36. The summed E-state index contributed by atoms with van der Waals surface area (Å²) >= 11 is 1.50. The van der Waals surface area contributed by atoms with E-state index in [1.807, 2.05) is 24.2 Å². The largest absolute Gasteiger partial charge is 0.289 e. The van der Waals surface area contributed by atoms with E-state index in [-0.39, 0.29) is 5.91 Å². The highest BCUT2D eigenvalue weighted by Crippen LogP contribution is 2.47. The summed E-state index contributed by atoms with van der Waals surface area (Å²) in [6.45, 7) is 14.6. The zero-order chi connectivity index (χ0) is 16.8. The lowest BCUT2D eigenvalue weighted by molar-refractivity contribution is -0.134. The van der Waals surface area contributed by atoms with Crippen molar-refractivity contribution in [2.75, 3.05) is 6.54 Å². The molecule has 0 heterocycles. The second kappa shape index (κ2) is 8.36. The summed E-state index contributed by atoms with van der Waals surface area (Å²) in [4.78, 5) is 12.9. The predicted molar refractivity (Wildman–Crippen MR) is 93.3 cm³/mol. The van der Waals surface area contributed by atoms with Gasteiger partial charge in [-0.1, -0.05) is 44.7 Å². The van der Waals surface area contributed by atoms with Crippen molar-refractivity contribution in [1.82, 2.24) is 9.79 Å². The number of nitrogens with one attached hydrogen (secondary N) is 1. The number of rotatable bonds is 9. The summed E-state index contributed by atoms with van der Waals surface area (Å²) in [5.74, 6) is -0.338. The minimum atomic E-state index is -0.603. The van der Waals surface area contributed by atoms with Crippen molar-refractivity contribution in [3.63, 3.8) is 0 Å². The highest BCUT2D eigenvalue weighted by Gasteiger charge is 2.54. The molecule has 5 heteroatoms. The van der Waals surface area contributed by atoms with Crippen LogP contribution in [0.1, 0.15) is 40.0 Å². The Labute approximate surface area is 137 Å². The standard InChI is InChI=1S/C17H26N2O2S/c1-6-9-14(13(4)5)12-15(7-2)22-19(8-3)17(10-11-17)16(20)18-21/h7,9,12,21H,2,4,6,8,10-11H2,1,3,5H3,(H,18,20)/b14-9-,15-12+. The Bertz CT molecular complexity index is 505. The molecule has 0 bridgehead atoms. The maximum absolute atomic E-state index is 11.9. The Hall–Kier alpha value is -1.30. The third-order valence-corrected chi connectivity index (χ3v) is 4.97. The van der Waals surface area contributed by atoms with Gasteiger partial charge in [0.05, 0.1) is 0 Å². The summed E-state index contributed by atoms with van der Waals surface area (Å²) in [6, 6.07) is 0. The Morgan fingerprint density at radius 3 is 2.45 bits per heavy atom. The fourth-order valence-corrected chi connectivity index (χ4v) is 3.32. The van der Waals surface area contributed by atoms with Gasteiger partial charge in [0, 0.05) is 11.4 Å². The third-order valence-electron chi connectivity index (χ3n) is 3.64. The summed E-state index contributed by atoms with van der Waals surface area (Å²) < 4.78 is 2.01. The van der Waals surface area contributed by atoms with E-state index in [4.69, 9.17) is 5.21 Å². The van der Waals surface area contributed by atoms with E-state index in [2.05, 4.69) is 26.2 Å². The van der Waals surface area contributed by atoms with Gasteiger partial charge >= 0.3 is 0 Å². The summed E-state index contributed by atoms with van der Waals surface area (Å²) in [5, 5.41) is 8.94. The van der Waals surface area contributed by atoms with Crippen LogP contribution in [0.5, 0.6) is 0 Å². The van der Waals surface area contributed by atoms with Crippen LogP contribution in [0.2, 0.25) is 0 Å². The number of hydroxylamine groups is 1. The molecule has 0 aliphatic heterocycles. The summed E-state index contributed by atoms with van der Waals surface area (Å²) in [7, 11) is 0. The maximum Gasteiger partial charge on any atom is 0.264 e. The van der Waals surface area contributed by atoms with Gasteiger partial charge < -0.3 is 0 Å². The first-order valence-corrected chi connectivity index (χ1v) is 8.32. The van der Waals surface area contributed by atoms with Crippen molar-refractivity contribution < 1.29 is 10.0 Å². The number of carbonyl (C=O) groups excluding carboxylic acids is 1. The van der Waals surface area contributed by atoms with Gasteiger partial charge in [0.2, 0.25) is 0 Å². The van der Waals surface area contributed by atoms with Crippen LogP contribution in [0.25, 0.3) is 0 Å². The topological polar surface area (TPSA) is 52.6 Å². The van der Waals surface area contributed by atoms with Crippen LogP contribution in [-0.2, 0) is 4.79 Å². The fraction of sp³-hybridized carbons (Fsp3) is 0.471. The molecule has 1 fully saturated rings. The van der Waals surface area contributed by atoms with Crippen molar-refractivity contribution in [3.8, 4) is 0 Å². The molecule has 0 spiro atoms. The van der Waals surface area contributed by atoms with E-state index in [1.54, 1.807) is 11.6 Å². The molecule has 1 saturated carbocycles. The Morgan fingerprint density at radius 2 is 2.09 bits per heavy atom. The molecule has 4 nitrogen and oxygen atoms in total. The molecule has 0 aromatic heterocycles. The normalized spacial score (nSPS) is 17.3. The van der Waals surface area contributed by atoms with E-state index < -0.39 is 5.54 Å². The minimum Gasteiger partial charge on any atom is -0.289 e. The number of allylic oxidation sites excluding steroid dienone is 5. The van der Waals surface area contributed by atoms with Crippen LogP contribution in [0.4, 0.5) is 0 Å². The first kappa shape index (κ1) is 18.7. The van der Waals surface area contributed by atoms with E-state index in [0.29, 0.717) is 6.54 Å². The SMILES string of the molecule is C=C/C(=C\C(=C\CC)C(=C)C)SN(CC)C1(C(=O)NO)CC1. The van der Waals surface area contributed by atoms with Crippen LogP contribution >= 0.6 is 11.9 Å². The van der Waals surface area contributed by atoms with E-state index >= 15 is 0 Å². The van der Waals surface area contributed by atoms with Gasteiger partial charge in [0.15, 0.2) is 0 Å². The van der Waals surface area contributed by atoms with Crippen molar-refractivity contribution >= 4 is 17.9 Å². The average Bonchev–Trinajstić information content (AvgIpc) is 3.30. The number of nitrogens with zero attached hydrogens (tertiary/aromatic N) is 1. The Kier molecular flexibility index (Phi) is 7.13. The molecule has 1 aliphatic rings. The molecule has 122 valence electrons. The van der Waals surface area contributed by atoms with Crippen LogP contribution in [0.3, 0.4) is 0 Å². The molecule has 0 saturated heterocycles. The number of carbonyl (C=O) groups is 1. The minimum absolute atomic E-state index is 0.338. The summed E-state index contributed by atoms with van der Waals surface area (Å²) in [5.41, 5.74) is 3.27. The van der Waals surface area contributed by atoms with Gasteiger partial charge in [-0.3, -0.25) is 10.0 Å². The zero-order valence-electron chi connectivity index (χ0n) is 13.7. The molecule has 0 aromatic carbocycles. The lowest BCUT2D eigenvalue weighted by atomic mass is 10.1. The van der Waals surface area contributed by atoms with Crippen LogP contribution in [-0.4, -0.2) is 27.5 Å². The zero-order valence-corrected chi connectivity index (χ0v) is 14.5. The van der Waals surface area contributed by atoms with Gasteiger partial charge in [0.1, 0.15) is 5.54 Å². The van der Waals surface area contributed by atoms with E-state index in [0.717, 1.165) is 35.3 Å². The molecule has 1 amide bonds. The molecule has 1 aliphatic carbocycles. The molecular weight excluding hydrogens is 296 g/mol. The fourth-order valence-electron chi connectivity index (χ4n) is 2.25. The average molecular weight is 322 g/mol. The molecule has 2 N–H and O–H groups in total. The number of likely N-dealkylation sites (N-methyl/N-ethyl adjacent to an activating group) is 1. The molecular formula is C17H26N2O2S. The lowest BCUT2D eigenvalue weighted by Crippen LogP contribution is -2.45. The summed E-state index contributed by atoms with van der Waals surface area (Å²) in [6.07, 6.45) is 8.38. The molecule has 22 heavy (non-hydrogen) atoms. The lowest BCUT2D eigenvalue weighted by Gasteiger charge is -2.28. The quantitative estimate of drug-likeness (QED) is 0.292. The van der Waals surface area contributed by atoms with E-state index in [1.165, 1.54) is 11.9 Å². The first-order chi connectivity index (χ1) is 10.4. The predicted octanol–water partition coefficient (Wildman–Crippen LogP) is 3.98. The molecule has 0 unspecified atom stereocenters. The van der Waals surface area contributed by atoms with Crippen molar-refractivity contribution in [3.05, 3.63) is 47.4 Å². The van der Waals surface area contributed by atoms with Crippen LogP contribution < -0.4 is 5.48 Å². The van der Waals surface area contributed by atoms with E-state index in [9.17, 15) is 4.79 Å². The highest BCUT2D eigenvalue weighted by atomic mass is 32.2.